The fourth-order valence-corrected chi connectivity index (χ4v) is 1.92. The third-order valence-electron chi connectivity index (χ3n) is 2.39. The lowest BCUT2D eigenvalue weighted by Crippen LogP contribution is -2.27. The van der Waals surface area contributed by atoms with E-state index in [0.29, 0.717) is 5.69 Å². The standard InChI is InChI=1S/C10H15ClF3N3/c1-6(2)17-9(7(11)5-16-17)8(15-3)4-10(12,13)14/h5-6,8,15H,4H2,1-3H3. The summed E-state index contributed by atoms with van der Waals surface area (Å²) in [6, 6.07) is -0.922. The molecule has 0 aliphatic carbocycles. The third kappa shape index (κ3) is 3.61. The molecule has 0 amide bonds. The Labute approximate surface area is 103 Å². The first kappa shape index (κ1) is 14.3. The smallest absolute Gasteiger partial charge is 0.311 e. The van der Waals surface area contributed by atoms with Gasteiger partial charge in [0.15, 0.2) is 0 Å². The summed E-state index contributed by atoms with van der Waals surface area (Å²) in [5.74, 6) is 0. The van der Waals surface area contributed by atoms with Crippen LogP contribution in [-0.2, 0) is 0 Å². The van der Waals surface area contributed by atoms with Crippen molar-refractivity contribution < 1.29 is 13.2 Å². The van der Waals surface area contributed by atoms with Gasteiger partial charge in [0.05, 0.1) is 29.4 Å². The van der Waals surface area contributed by atoms with Crippen molar-refractivity contribution in [3.8, 4) is 0 Å². The van der Waals surface area contributed by atoms with Gasteiger partial charge in [0.25, 0.3) is 0 Å². The molecule has 1 rings (SSSR count). The number of halogens is 4. The molecule has 0 fully saturated rings. The molecule has 1 unspecified atom stereocenters. The average Bonchev–Trinajstić information content (AvgIpc) is 2.55. The normalized spacial score (nSPS) is 14.4. The maximum Gasteiger partial charge on any atom is 0.390 e. The molecule has 0 radical (unpaired) electrons. The van der Waals surface area contributed by atoms with Crippen molar-refractivity contribution in [3.63, 3.8) is 0 Å². The number of hydrogen-bond donors (Lipinski definition) is 1. The Balaban J connectivity index is 3.07. The zero-order chi connectivity index (χ0) is 13.2. The van der Waals surface area contributed by atoms with E-state index in [2.05, 4.69) is 10.4 Å². The van der Waals surface area contributed by atoms with Crippen LogP contribution in [0.5, 0.6) is 0 Å². The highest BCUT2D eigenvalue weighted by Gasteiger charge is 2.34. The Morgan fingerprint density at radius 3 is 2.47 bits per heavy atom. The lowest BCUT2D eigenvalue weighted by molar-refractivity contribution is -0.140. The second kappa shape index (κ2) is 5.27. The van der Waals surface area contributed by atoms with Gasteiger partial charge >= 0.3 is 6.18 Å². The van der Waals surface area contributed by atoms with Gasteiger partial charge in [0.1, 0.15) is 0 Å². The van der Waals surface area contributed by atoms with E-state index in [1.165, 1.54) is 17.9 Å². The molecule has 1 aromatic rings. The lowest BCUT2D eigenvalue weighted by atomic mass is 10.1. The van der Waals surface area contributed by atoms with E-state index < -0.39 is 18.6 Å². The Morgan fingerprint density at radius 2 is 2.06 bits per heavy atom. The summed E-state index contributed by atoms with van der Waals surface area (Å²) in [4.78, 5) is 0. The Morgan fingerprint density at radius 1 is 1.47 bits per heavy atom. The SMILES string of the molecule is CNC(CC(F)(F)F)c1c(Cl)cnn1C(C)C. The second-order valence-corrected chi connectivity index (χ2v) is 4.48. The lowest BCUT2D eigenvalue weighted by Gasteiger charge is -2.21. The van der Waals surface area contributed by atoms with Crippen LogP contribution in [0.25, 0.3) is 0 Å². The quantitative estimate of drug-likeness (QED) is 0.909. The number of rotatable bonds is 4. The molecule has 1 atom stereocenters. The van der Waals surface area contributed by atoms with Crippen molar-refractivity contribution >= 4 is 11.6 Å². The highest BCUT2D eigenvalue weighted by Crippen LogP contribution is 2.33. The topological polar surface area (TPSA) is 29.9 Å². The first-order valence-corrected chi connectivity index (χ1v) is 5.61. The zero-order valence-electron chi connectivity index (χ0n) is 9.85. The number of alkyl halides is 3. The summed E-state index contributed by atoms with van der Waals surface area (Å²) in [6.07, 6.45) is -3.84. The monoisotopic (exact) mass is 269 g/mol. The molecule has 0 saturated carbocycles. The van der Waals surface area contributed by atoms with Gasteiger partial charge in [-0.25, -0.2) is 0 Å². The summed E-state index contributed by atoms with van der Waals surface area (Å²) in [7, 11) is 1.48. The minimum absolute atomic E-state index is 0.0402. The first-order chi connectivity index (χ1) is 7.76. The fourth-order valence-electron chi connectivity index (χ4n) is 1.66. The summed E-state index contributed by atoms with van der Waals surface area (Å²) in [5, 5.41) is 6.88. The van der Waals surface area contributed by atoms with Gasteiger partial charge in [-0.15, -0.1) is 0 Å². The Bertz CT molecular complexity index is 373. The predicted molar refractivity (Wildman–Crippen MR) is 60.1 cm³/mol. The summed E-state index contributed by atoms with van der Waals surface area (Å²) >= 11 is 5.90. The fraction of sp³-hybridized carbons (Fsp3) is 0.700. The van der Waals surface area contributed by atoms with E-state index in [9.17, 15) is 13.2 Å². The van der Waals surface area contributed by atoms with Crippen molar-refractivity contribution in [2.24, 2.45) is 0 Å². The summed E-state index contributed by atoms with van der Waals surface area (Å²) in [5.41, 5.74) is 0.376. The Kier molecular flexibility index (Phi) is 4.43. The highest BCUT2D eigenvalue weighted by molar-refractivity contribution is 6.31. The maximum absolute atomic E-state index is 12.4. The van der Waals surface area contributed by atoms with E-state index in [-0.39, 0.29) is 11.1 Å². The minimum Gasteiger partial charge on any atom is -0.311 e. The molecule has 7 heteroatoms. The minimum atomic E-state index is -4.25. The second-order valence-electron chi connectivity index (χ2n) is 4.08. The molecular formula is C10H15ClF3N3. The van der Waals surface area contributed by atoms with Crippen LogP contribution in [0, 0.1) is 0 Å². The van der Waals surface area contributed by atoms with Crippen LogP contribution < -0.4 is 5.32 Å². The number of nitrogens with one attached hydrogen (secondary N) is 1. The Hall–Kier alpha value is -0.750. The van der Waals surface area contributed by atoms with Crippen LogP contribution in [-0.4, -0.2) is 23.0 Å². The molecule has 98 valence electrons. The van der Waals surface area contributed by atoms with E-state index in [1.54, 1.807) is 0 Å². The van der Waals surface area contributed by atoms with Crippen molar-refractivity contribution in [2.75, 3.05) is 7.05 Å². The van der Waals surface area contributed by atoms with Crippen LogP contribution in [0.15, 0.2) is 6.20 Å². The zero-order valence-corrected chi connectivity index (χ0v) is 10.6. The number of hydrogen-bond acceptors (Lipinski definition) is 2. The third-order valence-corrected chi connectivity index (χ3v) is 2.68. The molecule has 1 heterocycles. The van der Waals surface area contributed by atoms with Gasteiger partial charge < -0.3 is 5.32 Å². The first-order valence-electron chi connectivity index (χ1n) is 5.23. The molecule has 0 aliphatic rings. The van der Waals surface area contributed by atoms with Crippen LogP contribution in [0.4, 0.5) is 13.2 Å². The molecule has 0 bridgehead atoms. The summed E-state index contributed by atoms with van der Waals surface area (Å²) < 4.78 is 38.8. The highest BCUT2D eigenvalue weighted by atomic mass is 35.5. The van der Waals surface area contributed by atoms with Crippen molar-refractivity contribution in [3.05, 3.63) is 16.9 Å². The molecule has 0 aromatic carbocycles. The largest absolute Gasteiger partial charge is 0.390 e. The molecular weight excluding hydrogens is 255 g/mol. The van der Waals surface area contributed by atoms with Gasteiger partial charge in [0, 0.05) is 6.04 Å². The molecule has 17 heavy (non-hydrogen) atoms. The average molecular weight is 270 g/mol. The van der Waals surface area contributed by atoms with Crippen LogP contribution in [0.2, 0.25) is 5.02 Å². The molecule has 0 aliphatic heterocycles. The van der Waals surface area contributed by atoms with Gasteiger partial charge in [-0.05, 0) is 20.9 Å². The van der Waals surface area contributed by atoms with Crippen LogP contribution in [0.3, 0.4) is 0 Å². The number of aromatic nitrogens is 2. The van der Waals surface area contributed by atoms with Gasteiger partial charge in [-0.1, -0.05) is 11.6 Å². The van der Waals surface area contributed by atoms with E-state index in [1.807, 2.05) is 13.8 Å². The predicted octanol–water partition coefficient (Wildman–Crippen LogP) is 3.33. The van der Waals surface area contributed by atoms with E-state index in [4.69, 9.17) is 11.6 Å². The molecule has 0 saturated heterocycles. The van der Waals surface area contributed by atoms with Gasteiger partial charge in [-0.3, -0.25) is 4.68 Å². The van der Waals surface area contributed by atoms with Crippen molar-refractivity contribution in [1.82, 2.24) is 15.1 Å². The maximum atomic E-state index is 12.4. The van der Waals surface area contributed by atoms with Crippen molar-refractivity contribution in [1.29, 1.82) is 0 Å². The molecule has 1 aromatic heterocycles. The van der Waals surface area contributed by atoms with Gasteiger partial charge in [-0.2, -0.15) is 18.3 Å². The van der Waals surface area contributed by atoms with E-state index in [0.717, 1.165) is 0 Å². The molecule has 0 spiro atoms. The molecule has 3 nitrogen and oxygen atoms in total. The van der Waals surface area contributed by atoms with Crippen molar-refractivity contribution in [2.45, 2.75) is 38.5 Å². The van der Waals surface area contributed by atoms with Crippen LogP contribution >= 0.6 is 11.6 Å². The van der Waals surface area contributed by atoms with Crippen LogP contribution in [0.1, 0.15) is 38.0 Å². The number of nitrogens with zero attached hydrogens (tertiary/aromatic N) is 2. The van der Waals surface area contributed by atoms with E-state index >= 15 is 0 Å². The van der Waals surface area contributed by atoms with Gasteiger partial charge in [0.2, 0.25) is 0 Å². The summed E-state index contributed by atoms with van der Waals surface area (Å²) in [6.45, 7) is 3.68. The molecule has 1 N–H and O–H groups in total.